The minimum atomic E-state index is -0.883. The third kappa shape index (κ3) is 2.30. The van der Waals surface area contributed by atoms with Gasteiger partial charge in [-0.3, -0.25) is 0 Å². The smallest absolute Gasteiger partial charge is 0.221 e. The first kappa shape index (κ1) is 15.2. The first-order chi connectivity index (χ1) is 11.5. The third-order valence-corrected chi connectivity index (χ3v) is 4.55. The summed E-state index contributed by atoms with van der Waals surface area (Å²) in [6.07, 6.45) is 0.554. The van der Waals surface area contributed by atoms with Gasteiger partial charge in [-0.25, -0.2) is 19.3 Å². The number of rotatable bonds is 1. The molecule has 2 aromatic rings. The summed E-state index contributed by atoms with van der Waals surface area (Å²) in [4.78, 5) is 10.4. The maximum Gasteiger partial charge on any atom is 0.221 e. The van der Waals surface area contributed by atoms with Crippen molar-refractivity contribution in [3.05, 3.63) is 52.8 Å². The number of guanidine groups is 1. The van der Waals surface area contributed by atoms with E-state index in [-0.39, 0.29) is 5.02 Å². The monoisotopic (exact) mass is 347 g/mol. The van der Waals surface area contributed by atoms with E-state index in [1.807, 2.05) is 18.2 Å². The molecule has 0 radical (unpaired) electrons. The van der Waals surface area contributed by atoms with E-state index in [4.69, 9.17) is 26.9 Å². The Labute approximate surface area is 143 Å². The highest BCUT2D eigenvalue weighted by atomic mass is 35.5. The molecular weight excluding hydrogens is 333 g/mol. The van der Waals surface area contributed by atoms with Crippen LogP contribution >= 0.6 is 11.6 Å². The molecule has 7 heteroatoms. The molecule has 24 heavy (non-hydrogen) atoms. The molecular formula is C17H15ClFN3O2. The fourth-order valence-corrected chi connectivity index (χ4v) is 3.19. The second-order valence-electron chi connectivity index (χ2n) is 5.78. The van der Waals surface area contributed by atoms with Gasteiger partial charge in [0, 0.05) is 13.5 Å². The van der Waals surface area contributed by atoms with Crippen molar-refractivity contribution in [1.29, 1.82) is 0 Å². The molecule has 0 fully saturated rings. The Hall–Kier alpha value is -2.31. The van der Waals surface area contributed by atoms with E-state index in [2.05, 4.69) is 4.99 Å². The van der Waals surface area contributed by atoms with Crippen LogP contribution in [0.15, 0.2) is 41.4 Å². The number of ether oxygens (including phenoxy) is 1. The molecule has 124 valence electrons. The van der Waals surface area contributed by atoms with Crippen LogP contribution in [0.2, 0.25) is 5.02 Å². The summed E-state index contributed by atoms with van der Waals surface area (Å²) in [5.41, 5.74) is 7.45. The third-order valence-electron chi connectivity index (χ3n) is 4.26. The van der Waals surface area contributed by atoms with Crippen LogP contribution in [-0.2, 0) is 10.6 Å². The quantitative estimate of drug-likeness (QED) is 0.860. The van der Waals surface area contributed by atoms with Gasteiger partial charge in [-0.1, -0.05) is 23.7 Å². The number of nitrogens with zero attached hydrogens (tertiary/aromatic N) is 2. The summed E-state index contributed by atoms with van der Waals surface area (Å²) in [7, 11) is 1.71. The maximum atomic E-state index is 13.4. The Morgan fingerprint density at radius 3 is 2.71 bits per heavy atom. The summed E-state index contributed by atoms with van der Waals surface area (Å²) < 4.78 is 19.1. The predicted octanol–water partition coefficient (Wildman–Crippen LogP) is 3.27. The molecule has 0 aliphatic carbocycles. The molecule has 1 spiro atoms. The number of hydrogen-bond donors (Lipinski definition) is 1. The van der Waals surface area contributed by atoms with Crippen molar-refractivity contribution in [2.45, 2.75) is 12.1 Å². The van der Waals surface area contributed by atoms with Crippen LogP contribution in [0.4, 0.5) is 4.39 Å². The molecule has 2 heterocycles. The molecule has 0 aromatic heterocycles. The second kappa shape index (κ2) is 5.36. The summed E-state index contributed by atoms with van der Waals surface area (Å²) in [6.45, 7) is 0.485. The first-order valence-electron chi connectivity index (χ1n) is 7.49. The fraction of sp³-hybridized carbons (Fsp3) is 0.235. The van der Waals surface area contributed by atoms with E-state index in [1.165, 1.54) is 11.1 Å². The summed E-state index contributed by atoms with van der Waals surface area (Å²) >= 11 is 5.90. The Morgan fingerprint density at radius 1 is 1.25 bits per heavy atom. The van der Waals surface area contributed by atoms with E-state index >= 15 is 0 Å². The van der Waals surface area contributed by atoms with Crippen LogP contribution in [-0.4, -0.2) is 24.7 Å². The lowest BCUT2D eigenvalue weighted by Crippen LogP contribution is -2.35. The molecule has 1 atom stereocenters. The Balaban J connectivity index is 1.83. The van der Waals surface area contributed by atoms with Gasteiger partial charge in [-0.2, -0.15) is 0 Å². The van der Waals surface area contributed by atoms with Gasteiger partial charge >= 0.3 is 0 Å². The SMILES string of the molecule is CN1OC2(CCOc3ccc(-c4ccc(F)c(Cl)c4)cc32)N=C1N. The minimum absolute atomic E-state index is 0.0790. The molecule has 0 amide bonds. The van der Waals surface area contributed by atoms with Gasteiger partial charge < -0.3 is 10.5 Å². The summed E-state index contributed by atoms with van der Waals surface area (Å²) in [5.74, 6) is 0.569. The zero-order valence-electron chi connectivity index (χ0n) is 12.9. The molecule has 0 saturated carbocycles. The maximum absolute atomic E-state index is 13.4. The Bertz CT molecular complexity index is 858. The van der Waals surface area contributed by atoms with E-state index < -0.39 is 11.5 Å². The van der Waals surface area contributed by atoms with E-state index in [0.29, 0.717) is 24.7 Å². The number of nitrogens with two attached hydrogens (primary N) is 1. The fourth-order valence-electron chi connectivity index (χ4n) is 3.01. The zero-order valence-corrected chi connectivity index (χ0v) is 13.7. The molecule has 2 aliphatic rings. The van der Waals surface area contributed by atoms with Crippen molar-refractivity contribution in [1.82, 2.24) is 5.06 Å². The molecule has 2 aliphatic heterocycles. The van der Waals surface area contributed by atoms with Crippen LogP contribution < -0.4 is 10.5 Å². The molecule has 1 unspecified atom stereocenters. The molecule has 2 aromatic carbocycles. The number of hydroxylamine groups is 2. The van der Waals surface area contributed by atoms with Gasteiger partial charge in [0.25, 0.3) is 0 Å². The normalized spacial score (nSPS) is 22.3. The largest absolute Gasteiger partial charge is 0.493 e. The van der Waals surface area contributed by atoms with Gasteiger partial charge in [0.05, 0.1) is 17.2 Å². The molecule has 5 nitrogen and oxygen atoms in total. The van der Waals surface area contributed by atoms with Crippen LogP contribution in [0, 0.1) is 5.82 Å². The highest BCUT2D eigenvalue weighted by molar-refractivity contribution is 6.31. The average Bonchev–Trinajstić information content (AvgIpc) is 2.85. The van der Waals surface area contributed by atoms with Crippen molar-refractivity contribution in [3.8, 4) is 16.9 Å². The first-order valence-corrected chi connectivity index (χ1v) is 7.87. The van der Waals surface area contributed by atoms with Crippen molar-refractivity contribution >= 4 is 17.6 Å². The minimum Gasteiger partial charge on any atom is -0.493 e. The van der Waals surface area contributed by atoms with E-state index in [1.54, 1.807) is 19.2 Å². The second-order valence-corrected chi connectivity index (χ2v) is 6.19. The van der Waals surface area contributed by atoms with Crippen LogP contribution in [0.3, 0.4) is 0 Å². The average molecular weight is 348 g/mol. The van der Waals surface area contributed by atoms with Crippen LogP contribution in [0.1, 0.15) is 12.0 Å². The standard InChI is InChI=1S/C17H15ClFN3O2/c1-22-16(20)21-17(24-22)6-7-23-15-5-3-10(8-12(15)17)11-2-4-14(19)13(18)9-11/h2-5,8-9H,6-7H2,1H3,(H2,20,21). The van der Waals surface area contributed by atoms with E-state index in [0.717, 1.165) is 16.7 Å². The van der Waals surface area contributed by atoms with Gasteiger partial charge in [0.15, 0.2) is 0 Å². The predicted molar refractivity (Wildman–Crippen MR) is 89.1 cm³/mol. The topological polar surface area (TPSA) is 60.1 Å². The molecule has 2 N–H and O–H groups in total. The number of halogens is 2. The summed E-state index contributed by atoms with van der Waals surface area (Å²) in [6, 6.07) is 10.3. The highest BCUT2D eigenvalue weighted by Gasteiger charge is 2.45. The summed E-state index contributed by atoms with van der Waals surface area (Å²) in [5, 5.41) is 1.53. The molecule has 0 saturated heterocycles. The molecule has 0 bridgehead atoms. The van der Waals surface area contributed by atoms with Crippen molar-refractivity contribution in [3.63, 3.8) is 0 Å². The number of fused-ring (bicyclic) bond motifs is 2. The molecule has 4 rings (SSSR count). The number of benzene rings is 2. The van der Waals surface area contributed by atoms with Gasteiger partial charge in [-0.05, 0) is 35.4 Å². The van der Waals surface area contributed by atoms with Crippen molar-refractivity contribution in [2.24, 2.45) is 10.7 Å². The van der Waals surface area contributed by atoms with Gasteiger partial charge in [0.2, 0.25) is 11.7 Å². The van der Waals surface area contributed by atoms with Crippen LogP contribution in [0.25, 0.3) is 11.1 Å². The Morgan fingerprint density at radius 2 is 2.00 bits per heavy atom. The van der Waals surface area contributed by atoms with E-state index in [9.17, 15) is 4.39 Å². The number of hydrogen-bond acceptors (Lipinski definition) is 5. The zero-order chi connectivity index (χ0) is 16.9. The lowest BCUT2D eigenvalue weighted by atomic mass is 9.93. The lowest BCUT2D eigenvalue weighted by Gasteiger charge is -2.32. The van der Waals surface area contributed by atoms with Crippen molar-refractivity contribution < 1.29 is 14.0 Å². The lowest BCUT2D eigenvalue weighted by molar-refractivity contribution is -0.183. The van der Waals surface area contributed by atoms with Crippen LogP contribution in [0.5, 0.6) is 5.75 Å². The Kier molecular flexibility index (Phi) is 3.40. The van der Waals surface area contributed by atoms with Gasteiger partial charge in [0.1, 0.15) is 11.6 Å². The van der Waals surface area contributed by atoms with Crippen molar-refractivity contribution in [2.75, 3.05) is 13.7 Å². The van der Waals surface area contributed by atoms with Gasteiger partial charge in [-0.15, -0.1) is 0 Å². The number of aliphatic imine (C=N–C) groups is 1. The highest BCUT2D eigenvalue weighted by Crippen LogP contribution is 2.45.